The molecule has 0 amide bonds. The van der Waals surface area contributed by atoms with Gasteiger partial charge in [0.2, 0.25) is 0 Å². The van der Waals surface area contributed by atoms with Crippen LogP contribution in [0.5, 0.6) is 0 Å². The van der Waals surface area contributed by atoms with Crippen LogP contribution in [-0.2, 0) is 42.7 Å². The lowest BCUT2D eigenvalue weighted by Gasteiger charge is -2.71. The first kappa shape index (κ1) is 58.1. The molecule has 75 heavy (non-hydrogen) atoms. The summed E-state index contributed by atoms with van der Waals surface area (Å²) in [6.07, 6.45) is -21.7. The zero-order valence-corrected chi connectivity index (χ0v) is 44.2. The minimum atomic E-state index is -1.98. The van der Waals surface area contributed by atoms with E-state index in [9.17, 15) is 71.2 Å². The summed E-state index contributed by atoms with van der Waals surface area (Å²) in [4.78, 5) is 13.2. The summed E-state index contributed by atoms with van der Waals surface area (Å²) in [6.45, 7) is 13.2. The number of allylic oxidation sites excluding steroid dienone is 2. The largest absolute Gasteiger partial charge is 0.481 e. The van der Waals surface area contributed by atoms with E-state index >= 15 is 0 Å². The number of aliphatic hydroxyl groups excluding tert-OH is 12. The van der Waals surface area contributed by atoms with E-state index in [1.807, 2.05) is 6.92 Å². The lowest BCUT2D eigenvalue weighted by atomic mass is 9.33. The number of aliphatic hydroxyl groups is 12. The van der Waals surface area contributed by atoms with Crippen LogP contribution in [0.1, 0.15) is 113 Å². The van der Waals surface area contributed by atoms with Crippen LogP contribution >= 0.6 is 0 Å². The van der Waals surface area contributed by atoms with Crippen molar-refractivity contribution < 1.29 is 109 Å². The van der Waals surface area contributed by atoms with Gasteiger partial charge in [-0.15, -0.1) is 0 Å². The molecule has 9 aliphatic rings. The van der Waals surface area contributed by atoms with Gasteiger partial charge in [-0.2, -0.15) is 0 Å². The second-order valence-corrected chi connectivity index (χ2v) is 25.7. The van der Waals surface area contributed by atoms with Crippen molar-refractivity contribution in [3.63, 3.8) is 0 Å². The van der Waals surface area contributed by atoms with Crippen LogP contribution < -0.4 is 0 Å². The molecule has 0 radical (unpaired) electrons. The molecule has 0 aromatic rings. The van der Waals surface area contributed by atoms with Gasteiger partial charge in [-0.3, -0.25) is 4.79 Å². The summed E-state index contributed by atoms with van der Waals surface area (Å²) < 4.78 is 47.3. The van der Waals surface area contributed by atoms with Crippen LogP contribution in [0.4, 0.5) is 0 Å². The molecule has 4 aliphatic heterocycles. The fourth-order valence-electron chi connectivity index (χ4n) is 16.2. The monoisotopic (exact) mass is 1070 g/mol. The van der Waals surface area contributed by atoms with Crippen molar-refractivity contribution in [1.29, 1.82) is 0 Å². The van der Waals surface area contributed by atoms with Crippen molar-refractivity contribution >= 4 is 5.97 Å². The zero-order valence-electron chi connectivity index (χ0n) is 44.2. The summed E-state index contributed by atoms with van der Waals surface area (Å²) in [5, 5.41) is 141. The molecule has 4 heterocycles. The molecule has 9 rings (SSSR count). The first-order valence-electron chi connectivity index (χ1n) is 27.3. The highest BCUT2D eigenvalue weighted by atomic mass is 16.8. The molecule has 22 nitrogen and oxygen atoms in total. The number of hydrogen-bond donors (Lipinski definition) is 13. The van der Waals surface area contributed by atoms with Gasteiger partial charge in [0.05, 0.1) is 44.1 Å². The van der Waals surface area contributed by atoms with E-state index in [0.717, 1.165) is 44.9 Å². The third-order valence-electron chi connectivity index (χ3n) is 21.2. The first-order chi connectivity index (χ1) is 35.1. The number of hydrogen-bond acceptors (Lipinski definition) is 21. The van der Waals surface area contributed by atoms with Gasteiger partial charge in [-0.05, 0) is 111 Å². The lowest BCUT2D eigenvalue weighted by Crippen LogP contribution is -2.67. The average Bonchev–Trinajstić information content (AvgIpc) is 3.45. The van der Waals surface area contributed by atoms with Crippen LogP contribution in [0.25, 0.3) is 0 Å². The Kier molecular flexibility index (Phi) is 16.3. The lowest BCUT2D eigenvalue weighted by molar-refractivity contribution is -0.384. The van der Waals surface area contributed by atoms with Gasteiger partial charge in [0.25, 0.3) is 0 Å². The van der Waals surface area contributed by atoms with E-state index in [1.165, 1.54) is 12.5 Å². The van der Waals surface area contributed by atoms with Crippen LogP contribution in [0, 0.1) is 50.2 Å². The SMILES string of the molecule is C[C@H]1O[C@@H](O[C@H]2CO[C@@H](O[C@@H]3CC[C@@]4(C)[C@@H](CC[C@]5(C)[C@@H]4CC=C4[C@H]6CC(C)(C)CC[C@@]6(C(=O)O)CC[C@]45C)[C@@]3(C)CO)[C@@H](O)[C@H]2O)[C@H](O[C@@H]2O[C@@H](CO[C@@H]3O[C@H](CO)[C@@H](O)[C@@H](O)[C@H]3O)[C@@H](O)[C@H](O)[C@H]2O)[C@H](O)[C@@H]1O. The minimum absolute atomic E-state index is 0.00729. The molecule has 430 valence electrons. The van der Waals surface area contributed by atoms with Crippen molar-refractivity contribution in [3.8, 4) is 0 Å². The topological polar surface area (TPSA) is 354 Å². The molecular weight excluding hydrogens is 989 g/mol. The molecule has 5 aliphatic carbocycles. The molecule has 4 saturated carbocycles. The van der Waals surface area contributed by atoms with Crippen molar-refractivity contribution in [3.05, 3.63) is 11.6 Å². The maximum absolute atomic E-state index is 13.2. The minimum Gasteiger partial charge on any atom is -0.481 e. The van der Waals surface area contributed by atoms with Crippen molar-refractivity contribution in [2.24, 2.45) is 50.2 Å². The number of ether oxygens (including phenoxy) is 8. The van der Waals surface area contributed by atoms with Gasteiger partial charge in [0.1, 0.15) is 85.5 Å². The first-order valence-corrected chi connectivity index (χ1v) is 27.3. The molecule has 0 unspecified atom stereocenters. The Bertz CT molecular complexity index is 2060. The van der Waals surface area contributed by atoms with Crippen molar-refractivity contribution in [1.82, 2.24) is 0 Å². The number of carbonyl (C=O) groups is 1. The molecule has 28 atom stereocenters. The number of carboxylic acid groups (broad SMARTS) is 1. The predicted molar refractivity (Wildman–Crippen MR) is 257 cm³/mol. The molecule has 0 spiro atoms. The van der Waals surface area contributed by atoms with E-state index in [1.54, 1.807) is 0 Å². The van der Waals surface area contributed by atoms with Gasteiger partial charge in [0.15, 0.2) is 25.2 Å². The number of rotatable bonds is 12. The summed E-state index contributed by atoms with van der Waals surface area (Å²) >= 11 is 0. The molecule has 8 fully saturated rings. The molecule has 0 aromatic heterocycles. The molecule has 0 bridgehead atoms. The van der Waals surface area contributed by atoms with Crippen molar-refractivity contribution in [2.45, 2.75) is 235 Å². The Morgan fingerprint density at radius 1 is 0.640 bits per heavy atom. The molecule has 13 N–H and O–H groups in total. The van der Waals surface area contributed by atoms with Gasteiger partial charge in [-0.1, -0.05) is 53.2 Å². The standard InChI is InChI=1S/C53H86O22/c1-23-32(56)38(62)42(75-45-41(65)37(61)34(58)27(72-45)20-68-43-40(64)36(60)33(57)26(19-54)71-43)46(70-23)73-28-21-69-44(39(63)35(28)59)74-31-11-12-49(4)29(50(31,5)22-55)10-13-52(7)30(49)9-8-24-25-18-48(2,3)14-16-53(25,47(66)67)17-15-51(24,52)6/h8,23,25-46,54-65H,9-22H2,1-7H3,(H,66,67)/t23-,25-,26-,27+,28+,29-,30-,31-,32-,33-,34-,35+,36-,37+,38-,39+,40-,41-,42-,43-,44+,45+,46+,49+,50-,51-,52-,53-/m1/s1. The third-order valence-corrected chi connectivity index (χ3v) is 21.2. The van der Waals surface area contributed by atoms with E-state index in [4.69, 9.17) is 37.9 Å². The van der Waals surface area contributed by atoms with Crippen LogP contribution in [0.15, 0.2) is 11.6 Å². The normalized spacial score (nSPS) is 54.9. The summed E-state index contributed by atoms with van der Waals surface area (Å²) in [5.74, 6) is -0.430. The summed E-state index contributed by atoms with van der Waals surface area (Å²) in [5.41, 5.74) is -0.679. The second kappa shape index (κ2) is 21.1. The quantitative estimate of drug-likeness (QED) is 0.0838. The molecule has 4 saturated heterocycles. The van der Waals surface area contributed by atoms with Gasteiger partial charge >= 0.3 is 5.97 Å². The number of aliphatic carboxylic acids is 1. The Morgan fingerprint density at radius 2 is 1.28 bits per heavy atom. The molecule has 0 aromatic carbocycles. The number of carboxylic acids is 1. The van der Waals surface area contributed by atoms with Crippen LogP contribution in [0.2, 0.25) is 0 Å². The van der Waals surface area contributed by atoms with E-state index in [0.29, 0.717) is 19.3 Å². The Balaban J connectivity index is 0.858. The van der Waals surface area contributed by atoms with Gasteiger partial charge in [0, 0.05) is 5.41 Å². The smallest absolute Gasteiger partial charge is 0.310 e. The third kappa shape index (κ3) is 9.50. The highest BCUT2D eigenvalue weighted by Gasteiger charge is 2.70. The number of fused-ring (bicyclic) bond motifs is 7. The molecular formula is C53H86O22. The van der Waals surface area contributed by atoms with Crippen LogP contribution in [-0.4, -0.2) is 222 Å². The summed E-state index contributed by atoms with van der Waals surface area (Å²) in [6, 6.07) is 0. The predicted octanol–water partition coefficient (Wildman–Crippen LogP) is -0.830. The Labute approximate surface area is 437 Å². The summed E-state index contributed by atoms with van der Waals surface area (Å²) in [7, 11) is 0. The highest BCUT2D eigenvalue weighted by Crippen LogP contribution is 2.76. The zero-order chi connectivity index (χ0) is 54.7. The van der Waals surface area contributed by atoms with E-state index in [-0.39, 0.29) is 52.6 Å². The molecule has 22 heteroatoms. The Hall–Kier alpha value is -1.59. The van der Waals surface area contributed by atoms with Gasteiger partial charge < -0.3 is 104 Å². The van der Waals surface area contributed by atoms with Crippen molar-refractivity contribution in [2.75, 3.05) is 26.4 Å². The fourth-order valence-corrected chi connectivity index (χ4v) is 16.2. The fraction of sp³-hybridized carbons (Fsp3) is 0.943. The van der Waals surface area contributed by atoms with E-state index < -0.39 is 153 Å². The highest BCUT2D eigenvalue weighted by molar-refractivity contribution is 5.76. The van der Waals surface area contributed by atoms with E-state index in [2.05, 4.69) is 40.7 Å². The average molecular weight is 1080 g/mol. The van der Waals surface area contributed by atoms with Crippen LogP contribution in [0.3, 0.4) is 0 Å². The maximum atomic E-state index is 13.2. The maximum Gasteiger partial charge on any atom is 0.310 e. The second-order valence-electron chi connectivity index (χ2n) is 25.7. The van der Waals surface area contributed by atoms with Gasteiger partial charge in [-0.25, -0.2) is 0 Å². The Morgan fingerprint density at radius 3 is 1.95 bits per heavy atom.